The number of hydrogen-bond donors (Lipinski definition) is 1. The second-order valence-electron chi connectivity index (χ2n) is 5.70. The summed E-state index contributed by atoms with van der Waals surface area (Å²) in [5.74, 6) is 0. The molecule has 25 heavy (non-hydrogen) atoms. The molecule has 7 heteroatoms. The Morgan fingerprint density at radius 1 is 1.20 bits per heavy atom. The van der Waals surface area contributed by atoms with E-state index in [0.29, 0.717) is 6.54 Å². The fraction of sp³-hybridized carbons (Fsp3) is 0.278. The zero-order valence-electron chi connectivity index (χ0n) is 13.5. The Morgan fingerprint density at radius 3 is 2.60 bits per heavy atom. The predicted octanol–water partition coefficient (Wildman–Crippen LogP) is 5.63. The molecular formula is C18H17F3N2OS. The van der Waals surface area contributed by atoms with Gasteiger partial charge in [-0.1, -0.05) is 31.2 Å². The summed E-state index contributed by atoms with van der Waals surface area (Å²) in [6.45, 7) is 2.48. The number of amides is 2. The van der Waals surface area contributed by atoms with Gasteiger partial charge in [0.05, 0.1) is 16.9 Å². The van der Waals surface area contributed by atoms with Crippen molar-refractivity contribution in [2.45, 2.75) is 29.7 Å². The average molecular weight is 366 g/mol. The van der Waals surface area contributed by atoms with Crippen LogP contribution in [0.5, 0.6) is 0 Å². The van der Waals surface area contributed by atoms with E-state index in [9.17, 15) is 18.0 Å². The lowest BCUT2D eigenvalue weighted by atomic mass is 10.1. The number of rotatable bonds is 2. The van der Waals surface area contributed by atoms with Crippen LogP contribution in [0.15, 0.2) is 53.4 Å². The molecular weight excluding hydrogens is 349 g/mol. The number of nitrogens with one attached hydrogen (secondary N) is 1. The fourth-order valence-electron chi connectivity index (χ4n) is 2.73. The summed E-state index contributed by atoms with van der Waals surface area (Å²) in [5.41, 5.74) is -0.363. The lowest BCUT2D eigenvalue weighted by Crippen LogP contribution is -2.42. The molecule has 0 unspecified atom stereocenters. The molecule has 0 bridgehead atoms. The number of carbonyl (C=O) groups is 1. The molecule has 1 atom stereocenters. The zero-order valence-corrected chi connectivity index (χ0v) is 14.3. The van der Waals surface area contributed by atoms with Gasteiger partial charge in [0, 0.05) is 16.7 Å². The van der Waals surface area contributed by atoms with Crippen LogP contribution in [0, 0.1) is 0 Å². The molecule has 1 aliphatic heterocycles. The van der Waals surface area contributed by atoms with E-state index in [4.69, 9.17) is 0 Å². The van der Waals surface area contributed by atoms with Crippen molar-refractivity contribution in [3.05, 3.63) is 54.1 Å². The highest BCUT2D eigenvalue weighted by Gasteiger charge is 2.35. The van der Waals surface area contributed by atoms with Crippen molar-refractivity contribution in [3.8, 4) is 0 Å². The molecule has 2 amide bonds. The lowest BCUT2D eigenvalue weighted by molar-refractivity contribution is -0.136. The Bertz CT molecular complexity index is 779. The number of hydrogen-bond acceptors (Lipinski definition) is 2. The number of para-hydroxylation sites is 2. The number of alkyl halides is 3. The van der Waals surface area contributed by atoms with Crippen LogP contribution in [0.4, 0.5) is 29.3 Å². The van der Waals surface area contributed by atoms with Crippen LogP contribution in [0.25, 0.3) is 0 Å². The third-order valence-electron chi connectivity index (χ3n) is 4.01. The third-order valence-corrected chi connectivity index (χ3v) is 5.43. The predicted molar refractivity (Wildman–Crippen MR) is 94.2 cm³/mol. The summed E-state index contributed by atoms with van der Waals surface area (Å²) in [7, 11) is 0. The van der Waals surface area contributed by atoms with Crippen molar-refractivity contribution in [2.75, 3.05) is 16.8 Å². The van der Waals surface area contributed by atoms with Gasteiger partial charge in [-0.2, -0.15) is 13.2 Å². The minimum absolute atomic E-state index is 0.207. The minimum atomic E-state index is -4.52. The maximum absolute atomic E-state index is 13.1. The van der Waals surface area contributed by atoms with Crippen molar-refractivity contribution < 1.29 is 18.0 Å². The third kappa shape index (κ3) is 3.76. The first-order chi connectivity index (χ1) is 11.9. The normalized spacial score (nSPS) is 17.1. The fourth-order valence-corrected chi connectivity index (χ4v) is 3.93. The standard InChI is InChI=1S/C18H17F3N2OS/c1-2-12-11-23(15-9-5-6-10-16(15)25-12)17(24)22-14-8-4-3-7-13(14)18(19,20)21/h3-10,12H,2,11H2,1H3,(H,22,24)/t12-/m1/s1. The van der Waals surface area contributed by atoms with E-state index >= 15 is 0 Å². The summed E-state index contributed by atoms with van der Waals surface area (Å²) < 4.78 is 39.4. The molecule has 2 aromatic rings. The van der Waals surface area contributed by atoms with Crippen LogP contribution in [0.2, 0.25) is 0 Å². The smallest absolute Gasteiger partial charge is 0.307 e. The van der Waals surface area contributed by atoms with Gasteiger partial charge in [0.25, 0.3) is 0 Å². The van der Waals surface area contributed by atoms with Gasteiger partial charge in [-0.25, -0.2) is 4.79 Å². The molecule has 1 N–H and O–H groups in total. The minimum Gasteiger partial charge on any atom is -0.307 e. The van der Waals surface area contributed by atoms with Gasteiger partial charge in [0.2, 0.25) is 0 Å². The molecule has 3 rings (SSSR count). The van der Waals surface area contributed by atoms with E-state index in [1.807, 2.05) is 31.2 Å². The maximum Gasteiger partial charge on any atom is 0.418 e. The van der Waals surface area contributed by atoms with Crippen molar-refractivity contribution in [1.29, 1.82) is 0 Å². The van der Waals surface area contributed by atoms with Crippen LogP contribution in [-0.4, -0.2) is 17.8 Å². The van der Waals surface area contributed by atoms with E-state index < -0.39 is 17.8 Å². The van der Waals surface area contributed by atoms with Gasteiger partial charge in [-0.15, -0.1) is 11.8 Å². The van der Waals surface area contributed by atoms with Crippen LogP contribution in [-0.2, 0) is 6.18 Å². The Morgan fingerprint density at radius 2 is 1.88 bits per heavy atom. The molecule has 3 nitrogen and oxygen atoms in total. The van der Waals surface area contributed by atoms with Crippen LogP contribution >= 0.6 is 11.8 Å². The molecule has 0 fully saturated rings. The number of urea groups is 1. The first kappa shape index (κ1) is 17.7. The molecule has 0 aromatic heterocycles. The Balaban J connectivity index is 1.90. The van der Waals surface area contributed by atoms with E-state index in [2.05, 4.69) is 5.32 Å². The van der Waals surface area contributed by atoms with Crippen molar-refractivity contribution in [3.63, 3.8) is 0 Å². The van der Waals surface area contributed by atoms with Crippen molar-refractivity contribution in [1.82, 2.24) is 0 Å². The molecule has 132 valence electrons. The number of nitrogens with zero attached hydrogens (tertiary/aromatic N) is 1. The van der Waals surface area contributed by atoms with Crippen LogP contribution in [0.1, 0.15) is 18.9 Å². The summed E-state index contributed by atoms with van der Waals surface area (Å²) in [4.78, 5) is 15.2. The topological polar surface area (TPSA) is 32.3 Å². The second-order valence-corrected chi connectivity index (χ2v) is 7.04. The molecule has 1 aliphatic rings. The summed E-state index contributed by atoms with van der Waals surface area (Å²) in [5, 5.41) is 2.64. The van der Waals surface area contributed by atoms with Crippen molar-refractivity contribution >= 4 is 29.2 Å². The molecule has 0 aliphatic carbocycles. The Labute approximate surface area is 148 Å². The molecule has 0 radical (unpaired) electrons. The monoisotopic (exact) mass is 366 g/mol. The van der Waals surface area contributed by atoms with Gasteiger partial charge in [0.1, 0.15) is 0 Å². The summed E-state index contributed by atoms with van der Waals surface area (Å²) in [6.07, 6.45) is -3.66. The highest BCUT2D eigenvalue weighted by molar-refractivity contribution is 8.00. The Kier molecular flexibility index (Phi) is 4.94. The zero-order chi connectivity index (χ0) is 18.0. The highest BCUT2D eigenvalue weighted by Crippen LogP contribution is 2.40. The van der Waals surface area contributed by atoms with E-state index in [1.54, 1.807) is 11.8 Å². The van der Waals surface area contributed by atoms with Crippen LogP contribution < -0.4 is 10.2 Å². The number of carbonyl (C=O) groups excluding carboxylic acids is 1. The Hall–Kier alpha value is -2.15. The SMILES string of the molecule is CC[C@@H]1CN(C(=O)Nc2ccccc2C(F)(F)F)c2ccccc2S1. The maximum atomic E-state index is 13.1. The quantitative estimate of drug-likeness (QED) is 0.747. The van der Waals surface area contributed by atoms with Crippen molar-refractivity contribution in [2.24, 2.45) is 0 Å². The summed E-state index contributed by atoms with van der Waals surface area (Å²) >= 11 is 1.69. The number of fused-ring (bicyclic) bond motifs is 1. The number of benzene rings is 2. The lowest BCUT2D eigenvalue weighted by Gasteiger charge is -2.33. The second kappa shape index (κ2) is 7.00. The van der Waals surface area contributed by atoms with Gasteiger partial charge >= 0.3 is 12.2 Å². The van der Waals surface area contributed by atoms with Gasteiger partial charge < -0.3 is 5.32 Å². The average Bonchev–Trinajstić information content (AvgIpc) is 2.60. The highest BCUT2D eigenvalue weighted by atomic mass is 32.2. The molecule has 0 saturated carbocycles. The summed E-state index contributed by atoms with van der Waals surface area (Å²) in [6, 6.07) is 11.9. The van der Waals surface area contributed by atoms with E-state index in [-0.39, 0.29) is 10.9 Å². The van der Waals surface area contributed by atoms with Gasteiger partial charge in [-0.05, 0) is 30.7 Å². The number of anilines is 2. The first-order valence-electron chi connectivity index (χ1n) is 7.90. The van der Waals surface area contributed by atoms with E-state index in [0.717, 1.165) is 23.1 Å². The molecule has 2 aromatic carbocycles. The number of halogens is 3. The largest absolute Gasteiger partial charge is 0.418 e. The first-order valence-corrected chi connectivity index (χ1v) is 8.78. The van der Waals surface area contributed by atoms with Gasteiger partial charge in [-0.3, -0.25) is 4.90 Å². The molecule has 1 heterocycles. The van der Waals surface area contributed by atoms with Crippen LogP contribution in [0.3, 0.4) is 0 Å². The van der Waals surface area contributed by atoms with Gasteiger partial charge in [0.15, 0.2) is 0 Å². The number of thioether (sulfide) groups is 1. The molecule has 0 spiro atoms. The molecule has 0 saturated heterocycles. The van der Waals surface area contributed by atoms with E-state index in [1.165, 1.54) is 23.1 Å².